The van der Waals surface area contributed by atoms with Crippen molar-refractivity contribution in [3.63, 3.8) is 0 Å². The summed E-state index contributed by atoms with van der Waals surface area (Å²) < 4.78 is 0. The maximum absolute atomic E-state index is 2.46. The SMILES string of the molecule is CCC(C)(C(C)C)C1CC1C. The summed E-state index contributed by atoms with van der Waals surface area (Å²) in [4.78, 5) is 0. The van der Waals surface area contributed by atoms with Crippen molar-refractivity contribution in [3.8, 4) is 0 Å². The summed E-state index contributed by atoms with van der Waals surface area (Å²) in [6.07, 6.45) is 2.82. The van der Waals surface area contributed by atoms with Crippen LogP contribution in [0, 0.1) is 23.2 Å². The lowest BCUT2D eigenvalue weighted by Crippen LogP contribution is -2.25. The smallest absolute Gasteiger partial charge is 0.0274 e. The molecular formula is C11H22. The highest BCUT2D eigenvalue weighted by Crippen LogP contribution is 2.55. The molecule has 66 valence electrons. The van der Waals surface area contributed by atoms with Crippen LogP contribution in [0.3, 0.4) is 0 Å². The largest absolute Gasteiger partial charge is 0.0648 e. The second-order valence-electron chi connectivity index (χ2n) is 4.83. The Morgan fingerprint density at radius 1 is 1.45 bits per heavy atom. The predicted octanol–water partition coefficient (Wildman–Crippen LogP) is 3.71. The molecule has 0 aromatic heterocycles. The van der Waals surface area contributed by atoms with Gasteiger partial charge in [0.2, 0.25) is 0 Å². The Balaban J connectivity index is 2.60. The molecule has 1 saturated carbocycles. The third-order valence-corrected chi connectivity index (χ3v) is 4.04. The highest BCUT2D eigenvalue weighted by molar-refractivity contribution is 4.96. The molecule has 0 heteroatoms. The molecule has 1 aliphatic rings. The van der Waals surface area contributed by atoms with Crippen molar-refractivity contribution >= 4 is 0 Å². The van der Waals surface area contributed by atoms with E-state index in [1.165, 1.54) is 12.8 Å². The van der Waals surface area contributed by atoms with E-state index in [0.717, 1.165) is 17.8 Å². The number of hydrogen-bond acceptors (Lipinski definition) is 0. The summed E-state index contributed by atoms with van der Waals surface area (Å²) in [5.41, 5.74) is 0.624. The summed E-state index contributed by atoms with van der Waals surface area (Å²) in [7, 11) is 0. The first-order chi connectivity index (χ1) is 5.02. The summed E-state index contributed by atoms with van der Waals surface area (Å²) in [6, 6.07) is 0. The standard InChI is InChI=1S/C11H22/c1-6-11(5,8(2)3)10-7-9(10)4/h8-10H,6-7H2,1-5H3. The molecule has 0 aromatic rings. The molecule has 0 heterocycles. The zero-order valence-electron chi connectivity index (χ0n) is 8.65. The van der Waals surface area contributed by atoms with Gasteiger partial charge in [-0.15, -0.1) is 0 Å². The van der Waals surface area contributed by atoms with Crippen molar-refractivity contribution < 1.29 is 0 Å². The second-order valence-corrected chi connectivity index (χ2v) is 4.83. The summed E-state index contributed by atoms with van der Waals surface area (Å²) in [5, 5.41) is 0. The Hall–Kier alpha value is 0. The van der Waals surface area contributed by atoms with E-state index in [0.29, 0.717) is 5.41 Å². The minimum atomic E-state index is 0.624. The zero-order chi connectivity index (χ0) is 8.65. The second kappa shape index (κ2) is 2.80. The maximum Gasteiger partial charge on any atom is -0.0274 e. The monoisotopic (exact) mass is 154 g/mol. The molecule has 0 spiro atoms. The van der Waals surface area contributed by atoms with E-state index in [-0.39, 0.29) is 0 Å². The van der Waals surface area contributed by atoms with E-state index in [1.54, 1.807) is 0 Å². The molecule has 0 nitrogen and oxygen atoms in total. The van der Waals surface area contributed by atoms with Crippen molar-refractivity contribution in [2.75, 3.05) is 0 Å². The van der Waals surface area contributed by atoms with Crippen LogP contribution in [-0.2, 0) is 0 Å². The van der Waals surface area contributed by atoms with Crippen molar-refractivity contribution in [1.82, 2.24) is 0 Å². The van der Waals surface area contributed by atoms with E-state index in [4.69, 9.17) is 0 Å². The maximum atomic E-state index is 2.46. The van der Waals surface area contributed by atoms with Gasteiger partial charge in [-0.2, -0.15) is 0 Å². The molecule has 1 aliphatic carbocycles. The van der Waals surface area contributed by atoms with E-state index < -0.39 is 0 Å². The van der Waals surface area contributed by atoms with Gasteiger partial charge in [0.1, 0.15) is 0 Å². The van der Waals surface area contributed by atoms with Gasteiger partial charge in [0.25, 0.3) is 0 Å². The van der Waals surface area contributed by atoms with Crippen LogP contribution in [-0.4, -0.2) is 0 Å². The van der Waals surface area contributed by atoms with Gasteiger partial charge in [0, 0.05) is 0 Å². The predicted molar refractivity (Wildman–Crippen MR) is 50.5 cm³/mol. The van der Waals surface area contributed by atoms with Crippen LogP contribution < -0.4 is 0 Å². The third kappa shape index (κ3) is 1.45. The van der Waals surface area contributed by atoms with E-state index in [1.807, 2.05) is 0 Å². The minimum Gasteiger partial charge on any atom is -0.0648 e. The average molecular weight is 154 g/mol. The topological polar surface area (TPSA) is 0 Å². The molecular weight excluding hydrogens is 132 g/mol. The molecule has 0 N–H and O–H groups in total. The Morgan fingerprint density at radius 2 is 1.91 bits per heavy atom. The molecule has 0 amide bonds. The van der Waals surface area contributed by atoms with Gasteiger partial charge in [-0.3, -0.25) is 0 Å². The summed E-state index contributed by atoms with van der Waals surface area (Å²) in [5.74, 6) is 2.87. The van der Waals surface area contributed by atoms with Crippen molar-refractivity contribution in [3.05, 3.63) is 0 Å². The molecule has 11 heavy (non-hydrogen) atoms. The zero-order valence-corrected chi connectivity index (χ0v) is 8.65. The molecule has 0 aliphatic heterocycles. The van der Waals surface area contributed by atoms with Crippen LogP contribution in [0.4, 0.5) is 0 Å². The van der Waals surface area contributed by atoms with Gasteiger partial charge < -0.3 is 0 Å². The van der Waals surface area contributed by atoms with E-state index in [9.17, 15) is 0 Å². The lowest BCUT2D eigenvalue weighted by atomic mass is 9.72. The number of rotatable bonds is 3. The fourth-order valence-corrected chi connectivity index (χ4v) is 2.34. The average Bonchev–Trinajstić information content (AvgIpc) is 2.65. The molecule has 1 fully saturated rings. The summed E-state index contributed by atoms with van der Waals surface area (Å²) >= 11 is 0. The fourth-order valence-electron chi connectivity index (χ4n) is 2.34. The first-order valence-corrected chi connectivity index (χ1v) is 5.02. The van der Waals surface area contributed by atoms with Crippen molar-refractivity contribution in [1.29, 1.82) is 0 Å². The Morgan fingerprint density at radius 3 is 2.00 bits per heavy atom. The fraction of sp³-hybridized carbons (Fsp3) is 1.00. The van der Waals surface area contributed by atoms with Gasteiger partial charge in [0.15, 0.2) is 0 Å². The first kappa shape index (κ1) is 9.09. The van der Waals surface area contributed by atoms with Crippen LogP contribution in [0.1, 0.15) is 47.5 Å². The Kier molecular flexibility index (Phi) is 2.32. The molecule has 0 aromatic carbocycles. The van der Waals surface area contributed by atoms with Gasteiger partial charge in [-0.25, -0.2) is 0 Å². The van der Waals surface area contributed by atoms with Crippen LogP contribution in [0.15, 0.2) is 0 Å². The lowest BCUT2D eigenvalue weighted by molar-refractivity contribution is 0.161. The lowest BCUT2D eigenvalue weighted by Gasteiger charge is -2.33. The van der Waals surface area contributed by atoms with Crippen molar-refractivity contribution in [2.45, 2.75) is 47.5 Å². The minimum absolute atomic E-state index is 0.624. The van der Waals surface area contributed by atoms with Gasteiger partial charge in [0.05, 0.1) is 0 Å². The van der Waals surface area contributed by atoms with Crippen LogP contribution in [0.2, 0.25) is 0 Å². The molecule has 3 unspecified atom stereocenters. The highest BCUT2D eigenvalue weighted by atomic mass is 14.5. The molecule has 0 saturated heterocycles. The molecule has 0 bridgehead atoms. The van der Waals surface area contributed by atoms with Gasteiger partial charge >= 0.3 is 0 Å². The van der Waals surface area contributed by atoms with Crippen LogP contribution >= 0.6 is 0 Å². The third-order valence-electron chi connectivity index (χ3n) is 4.04. The molecule has 3 atom stereocenters. The number of hydrogen-bond donors (Lipinski definition) is 0. The van der Waals surface area contributed by atoms with Crippen LogP contribution in [0.5, 0.6) is 0 Å². The van der Waals surface area contributed by atoms with Gasteiger partial charge in [-0.1, -0.05) is 41.0 Å². The Bertz CT molecular complexity index is 137. The quantitative estimate of drug-likeness (QED) is 0.581. The Labute approximate surface area is 71.4 Å². The van der Waals surface area contributed by atoms with Crippen LogP contribution in [0.25, 0.3) is 0 Å². The van der Waals surface area contributed by atoms with Crippen molar-refractivity contribution in [2.24, 2.45) is 23.2 Å². The van der Waals surface area contributed by atoms with E-state index in [2.05, 4.69) is 34.6 Å². The van der Waals surface area contributed by atoms with Gasteiger partial charge in [-0.05, 0) is 29.6 Å². The first-order valence-electron chi connectivity index (χ1n) is 5.02. The summed E-state index contributed by atoms with van der Waals surface area (Å²) in [6.45, 7) is 11.9. The molecule has 1 rings (SSSR count). The highest BCUT2D eigenvalue weighted by Gasteiger charge is 2.47. The molecule has 0 radical (unpaired) electrons. The van der Waals surface area contributed by atoms with E-state index >= 15 is 0 Å². The normalized spacial score (nSPS) is 35.5.